The molecule has 5 heteroatoms. The lowest BCUT2D eigenvalue weighted by Gasteiger charge is -2.23. The van der Waals surface area contributed by atoms with Crippen molar-refractivity contribution in [2.75, 3.05) is 11.9 Å². The average molecular weight is 236 g/mol. The Morgan fingerprint density at radius 3 is 2.94 bits per heavy atom. The molecule has 0 spiro atoms. The lowest BCUT2D eigenvalue weighted by molar-refractivity contribution is 0.460. The van der Waals surface area contributed by atoms with Gasteiger partial charge in [0.2, 0.25) is 0 Å². The molecule has 5 nitrogen and oxygen atoms in total. The second-order valence-electron chi connectivity index (χ2n) is 4.72. The Bertz CT molecular complexity index is 423. The SMILES string of the molecule is Cn1ccnc(NC(CN)C2CCCC2)c1=O. The van der Waals surface area contributed by atoms with Crippen molar-refractivity contribution in [3.63, 3.8) is 0 Å². The van der Waals surface area contributed by atoms with Crippen LogP contribution in [0.4, 0.5) is 5.82 Å². The maximum atomic E-state index is 11.8. The normalized spacial score (nSPS) is 18.2. The third kappa shape index (κ3) is 2.66. The zero-order valence-corrected chi connectivity index (χ0v) is 10.2. The van der Waals surface area contributed by atoms with Gasteiger partial charge in [-0.25, -0.2) is 4.98 Å². The molecule has 1 aliphatic carbocycles. The molecule has 0 amide bonds. The smallest absolute Gasteiger partial charge is 0.293 e. The van der Waals surface area contributed by atoms with Crippen LogP contribution in [0.15, 0.2) is 17.2 Å². The highest BCUT2D eigenvalue weighted by Gasteiger charge is 2.24. The largest absolute Gasteiger partial charge is 0.361 e. The first-order valence-corrected chi connectivity index (χ1v) is 6.20. The Kier molecular flexibility index (Phi) is 3.78. The van der Waals surface area contributed by atoms with E-state index >= 15 is 0 Å². The number of hydrogen-bond donors (Lipinski definition) is 2. The summed E-state index contributed by atoms with van der Waals surface area (Å²) in [7, 11) is 1.72. The van der Waals surface area contributed by atoms with E-state index in [1.807, 2.05) is 0 Å². The Balaban J connectivity index is 2.12. The van der Waals surface area contributed by atoms with Crippen molar-refractivity contribution in [1.29, 1.82) is 0 Å². The van der Waals surface area contributed by atoms with Crippen molar-refractivity contribution in [3.8, 4) is 0 Å². The fourth-order valence-electron chi connectivity index (χ4n) is 2.50. The molecular formula is C12H20N4O. The van der Waals surface area contributed by atoms with Crippen molar-refractivity contribution < 1.29 is 0 Å². The van der Waals surface area contributed by atoms with Crippen LogP contribution in [-0.4, -0.2) is 22.1 Å². The monoisotopic (exact) mass is 236 g/mol. The van der Waals surface area contributed by atoms with Gasteiger partial charge in [0.05, 0.1) is 0 Å². The summed E-state index contributed by atoms with van der Waals surface area (Å²) in [5.74, 6) is 0.990. The number of aromatic nitrogens is 2. The van der Waals surface area contributed by atoms with Gasteiger partial charge in [-0.2, -0.15) is 0 Å². The van der Waals surface area contributed by atoms with Gasteiger partial charge in [-0.15, -0.1) is 0 Å². The predicted molar refractivity (Wildman–Crippen MR) is 67.9 cm³/mol. The van der Waals surface area contributed by atoms with Gasteiger partial charge in [0, 0.05) is 32.0 Å². The van der Waals surface area contributed by atoms with Gasteiger partial charge < -0.3 is 15.6 Å². The second-order valence-corrected chi connectivity index (χ2v) is 4.72. The van der Waals surface area contributed by atoms with Gasteiger partial charge in [0.1, 0.15) is 0 Å². The summed E-state index contributed by atoms with van der Waals surface area (Å²) in [6.07, 6.45) is 8.21. The van der Waals surface area contributed by atoms with Crippen LogP contribution in [0, 0.1) is 5.92 Å². The summed E-state index contributed by atoms with van der Waals surface area (Å²) in [6, 6.07) is 0.167. The molecule has 1 unspecified atom stereocenters. The maximum Gasteiger partial charge on any atom is 0.293 e. The van der Waals surface area contributed by atoms with Gasteiger partial charge in [-0.1, -0.05) is 12.8 Å². The molecule has 1 saturated carbocycles. The van der Waals surface area contributed by atoms with Crippen molar-refractivity contribution in [1.82, 2.24) is 9.55 Å². The molecule has 1 atom stereocenters. The first-order valence-electron chi connectivity index (χ1n) is 6.20. The number of anilines is 1. The lowest BCUT2D eigenvalue weighted by Crippen LogP contribution is -2.38. The van der Waals surface area contributed by atoms with E-state index in [-0.39, 0.29) is 11.6 Å². The minimum Gasteiger partial charge on any atom is -0.361 e. The zero-order chi connectivity index (χ0) is 12.3. The highest BCUT2D eigenvalue weighted by Crippen LogP contribution is 2.28. The molecule has 1 fully saturated rings. The Labute approximate surface area is 101 Å². The van der Waals surface area contributed by atoms with Gasteiger partial charge >= 0.3 is 0 Å². The molecule has 1 heterocycles. The third-order valence-corrected chi connectivity index (χ3v) is 3.56. The van der Waals surface area contributed by atoms with E-state index in [0.717, 1.165) is 0 Å². The second kappa shape index (κ2) is 5.31. The Morgan fingerprint density at radius 1 is 1.59 bits per heavy atom. The van der Waals surface area contributed by atoms with E-state index in [2.05, 4.69) is 10.3 Å². The van der Waals surface area contributed by atoms with Crippen LogP contribution < -0.4 is 16.6 Å². The number of hydrogen-bond acceptors (Lipinski definition) is 4. The Morgan fingerprint density at radius 2 is 2.29 bits per heavy atom. The molecule has 0 bridgehead atoms. The maximum absolute atomic E-state index is 11.8. The van der Waals surface area contributed by atoms with Crippen LogP contribution in [0.5, 0.6) is 0 Å². The lowest BCUT2D eigenvalue weighted by atomic mass is 9.98. The molecule has 0 aliphatic heterocycles. The van der Waals surface area contributed by atoms with Crippen molar-refractivity contribution in [2.24, 2.45) is 18.7 Å². The molecule has 1 aromatic rings. The fraction of sp³-hybridized carbons (Fsp3) is 0.667. The molecule has 0 aromatic carbocycles. The summed E-state index contributed by atoms with van der Waals surface area (Å²) >= 11 is 0. The van der Waals surface area contributed by atoms with E-state index in [0.29, 0.717) is 18.3 Å². The summed E-state index contributed by atoms with van der Waals surface area (Å²) < 4.78 is 1.53. The van der Waals surface area contributed by atoms with E-state index < -0.39 is 0 Å². The Hall–Kier alpha value is -1.36. The molecule has 17 heavy (non-hydrogen) atoms. The van der Waals surface area contributed by atoms with Crippen LogP contribution in [0.1, 0.15) is 25.7 Å². The third-order valence-electron chi connectivity index (χ3n) is 3.56. The number of nitrogens with one attached hydrogen (secondary N) is 1. The fourth-order valence-corrected chi connectivity index (χ4v) is 2.50. The van der Waals surface area contributed by atoms with Crippen LogP contribution in [0.2, 0.25) is 0 Å². The van der Waals surface area contributed by atoms with Crippen LogP contribution in [0.3, 0.4) is 0 Å². The van der Waals surface area contributed by atoms with Gasteiger partial charge in [0.15, 0.2) is 5.82 Å². The first kappa shape index (κ1) is 12.1. The zero-order valence-electron chi connectivity index (χ0n) is 10.2. The number of nitrogens with zero attached hydrogens (tertiary/aromatic N) is 2. The molecular weight excluding hydrogens is 216 g/mol. The van der Waals surface area contributed by atoms with Gasteiger partial charge in [-0.05, 0) is 18.8 Å². The quantitative estimate of drug-likeness (QED) is 0.807. The minimum atomic E-state index is -0.0936. The standard InChI is InChI=1S/C12H20N4O/c1-16-7-6-14-11(12(16)17)15-10(8-13)9-4-2-3-5-9/h6-7,9-10H,2-5,8,13H2,1H3,(H,14,15). The summed E-state index contributed by atoms with van der Waals surface area (Å²) in [4.78, 5) is 15.9. The summed E-state index contributed by atoms with van der Waals surface area (Å²) in [5.41, 5.74) is 5.70. The van der Waals surface area contributed by atoms with E-state index in [9.17, 15) is 4.79 Å². The summed E-state index contributed by atoms with van der Waals surface area (Å²) in [6.45, 7) is 0.546. The van der Waals surface area contributed by atoms with Crippen LogP contribution in [-0.2, 0) is 7.05 Å². The molecule has 3 N–H and O–H groups in total. The molecule has 2 rings (SSSR count). The van der Waals surface area contributed by atoms with E-state index in [4.69, 9.17) is 5.73 Å². The van der Waals surface area contributed by atoms with Gasteiger partial charge in [0.25, 0.3) is 5.56 Å². The topological polar surface area (TPSA) is 72.9 Å². The molecule has 94 valence electrons. The van der Waals surface area contributed by atoms with E-state index in [1.165, 1.54) is 30.3 Å². The van der Waals surface area contributed by atoms with E-state index in [1.54, 1.807) is 19.4 Å². The molecule has 0 radical (unpaired) electrons. The predicted octanol–water partition coefficient (Wildman–Crippen LogP) is 0.710. The molecule has 1 aliphatic rings. The summed E-state index contributed by atoms with van der Waals surface area (Å²) in [5, 5.41) is 3.21. The highest BCUT2D eigenvalue weighted by atomic mass is 16.1. The minimum absolute atomic E-state index is 0.0936. The van der Waals surface area contributed by atoms with Gasteiger partial charge in [-0.3, -0.25) is 4.79 Å². The van der Waals surface area contributed by atoms with Crippen molar-refractivity contribution in [2.45, 2.75) is 31.7 Å². The average Bonchev–Trinajstić information content (AvgIpc) is 2.85. The van der Waals surface area contributed by atoms with Crippen LogP contribution in [0.25, 0.3) is 0 Å². The number of aryl methyl sites for hydroxylation is 1. The number of nitrogens with two attached hydrogens (primary N) is 1. The first-order chi connectivity index (χ1) is 8.22. The van der Waals surface area contributed by atoms with Crippen molar-refractivity contribution >= 4 is 5.82 Å². The van der Waals surface area contributed by atoms with Crippen molar-refractivity contribution in [3.05, 3.63) is 22.7 Å². The highest BCUT2D eigenvalue weighted by molar-refractivity contribution is 5.32. The number of rotatable bonds is 4. The molecule has 0 saturated heterocycles. The molecule has 1 aromatic heterocycles. The van der Waals surface area contributed by atoms with Crippen LogP contribution >= 0.6 is 0 Å².